The van der Waals surface area contributed by atoms with Crippen LogP contribution in [0.1, 0.15) is 18.9 Å². The number of nitrogens with one attached hydrogen (secondary N) is 1. The fraction of sp³-hybridized carbons (Fsp3) is 0.350. The van der Waals surface area contributed by atoms with Gasteiger partial charge in [0.25, 0.3) is 0 Å². The summed E-state index contributed by atoms with van der Waals surface area (Å²) in [5.41, 5.74) is 1.80. The van der Waals surface area contributed by atoms with Crippen molar-refractivity contribution in [2.45, 2.75) is 31.2 Å². The Bertz CT molecular complexity index is 1170. The van der Waals surface area contributed by atoms with Gasteiger partial charge in [-0.2, -0.15) is 0 Å². The lowest BCUT2D eigenvalue weighted by atomic mass is 10.1. The SMILES string of the molecule is CCn1c(=O)sc2cc(S(=O)(=O)NCCCc3ccc(OC)c(OC)c3)ccc21. The molecule has 2 aromatic carbocycles. The maximum Gasteiger partial charge on any atom is 0.308 e. The average molecular weight is 437 g/mol. The van der Waals surface area contributed by atoms with Gasteiger partial charge in [0.15, 0.2) is 11.5 Å². The number of fused-ring (bicyclic) bond motifs is 1. The number of benzene rings is 2. The summed E-state index contributed by atoms with van der Waals surface area (Å²) in [5.74, 6) is 1.31. The molecule has 0 unspecified atom stereocenters. The standard InChI is InChI=1S/C20H24N2O5S2/c1-4-22-16-9-8-15(13-19(16)28-20(22)23)29(24,25)21-11-5-6-14-7-10-17(26-2)18(12-14)27-3/h7-10,12-13,21H,4-6,11H2,1-3H3. The molecule has 156 valence electrons. The third kappa shape index (κ3) is 4.63. The minimum atomic E-state index is -3.64. The van der Waals surface area contributed by atoms with Gasteiger partial charge < -0.3 is 9.47 Å². The number of rotatable bonds is 9. The fourth-order valence-corrected chi connectivity index (χ4v) is 5.30. The van der Waals surface area contributed by atoms with Gasteiger partial charge in [-0.25, -0.2) is 13.1 Å². The molecule has 3 rings (SSSR count). The van der Waals surface area contributed by atoms with E-state index in [1.807, 2.05) is 25.1 Å². The Morgan fingerprint density at radius 1 is 1.07 bits per heavy atom. The highest BCUT2D eigenvalue weighted by Gasteiger charge is 2.16. The van der Waals surface area contributed by atoms with Crippen LogP contribution in [0.15, 0.2) is 46.1 Å². The van der Waals surface area contributed by atoms with Crippen LogP contribution in [0, 0.1) is 0 Å². The minimum Gasteiger partial charge on any atom is -0.493 e. The molecule has 0 aliphatic heterocycles. The van der Waals surface area contributed by atoms with Gasteiger partial charge in [-0.15, -0.1) is 0 Å². The van der Waals surface area contributed by atoms with Gasteiger partial charge >= 0.3 is 4.87 Å². The van der Waals surface area contributed by atoms with Crippen molar-refractivity contribution >= 4 is 31.6 Å². The van der Waals surface area contributed by atoms with Crippen molar-refractivity contribution in [2.24, 2.45) is 0 Å². The Morgan fingerprint density at radius 3 is 2.52 bits per heavy atom. The average Bonchev–Trinajstić information content (AvgIpc) is 3.05. The maximum absolute atomic E-state index is 12.6. The van der Waals surface area contributed by atoms with Crippen molar-refractivity contribution in [3.8, 4) is 11.5 Å². The third-order valence-electron chi connectivity index (χ3n) is 4.65. The van der Waals surface area contributed by atoms with Crippen LogP contribution in [0.2, 0.25) is 0 Å². The van der Waals surface area contributed by atoms with Crippen molar-refractivity contribution in [2.75, 3.05) is 20.8 Å². The molecule has 1 aromatic heterocycles. The Morgan fingerprint density at radius 2 is 1.83 bits per heavy atom. The van der Waals surface area contributed by atoms with Gasteiger partial charge in [0.05, 0.1) is 29.3 Å². The summed E-state index contributed by atoms with van der Waals surface area (Å²) < 4.78 is 40.7. The van der Waals surface area contributed by atoms with Gasteiger partial charge in [-0.1, -0.05) is 17.4 Å². The van der Waals surface area contributed by atoms with E-state index in [0.29, 0.717) is 42.1 Å². The van der Waals surface area contributed by atoms with Crippen LogP contribution < -0.4 is 19.1 Å². The lowest BCUT2D eigenvalue weighted by Gasteiger charge is -2.10. The first-order valence-electron chi connectivity index (χ1n) is 9.23. The van der Waals surface area contributed by atoms with Gasteiger partial charge in [-0.05, 0) is 55.7 Å². The van der Waals surface area contributed by atoms with Crippen LogP contribution in [0.25, 0.3) is 10.2 Å². The summed E-state index contributed by atoms with van der Waals surface area (Å²) >= 11 is 1.06. The molecular formula is C20H24N2O5S2. The summed E-state index contributed by atoms with van der Waals surface area (Å²) in [6.07, 6.45) is 1.33. The number of ether oxygens (including phenoxy) is 2. The Balaban J connectivity index is 1.64. The first-order chi connectivity index (χ1) is 13.9. The van der Waals surface area contributed by atoms with E-state index in [1.54, 1.807) is 30.9 Å². The molecule has 0 aliphatic carbocycles. The molecule has 1 heterocycles. The van der Waals surface area contributed by atoms with Gasteiger partial charge in [0, 0.05) is 13.1 Å². The summed E-state index contributed by atoms with van der Waals surface area (Å²) in [6, 6.07) is 10.4. The Labute approximate surface area is 173 Å². The van der Waals surface area contributed by atoms with Crippen molar-refractivity contribution in [3.63, 3.8) is 0 Å². The zero-order valence-corrected chi connectivity index (χ0v) is 18.2. The van der Waals surface area contributed by atoms with E-state index >= 15 is 0 Å². The molecule has 0 radical (unpaired) electrons. The molecule has 0 fully saturated rings. The van der Waals surface area contributed by atoms with Crippen molar-refractivity contribution in [1.82, 2.24) is 9.29 Å². The number of hydrogen-bond acceptors (Lipinski definition) is 6. The van der Waals surface area contributed by atoms with E-state index in [1.165, 1.54) is 6.07 Å². The van der Waals surface area contributed by atoms with E-state index in [0.717, 1.165) is 22.4 Å². The number of hydrogen-bond donors (Lipinski definition) is 1. The predicted molar refractivity (Wildman–Crippen MR) is 115 cm³/mol. The molecule has 0 amide bonds. The second kappa shape index (κ2) is 8.98. The summed E-state index contributed by atoms with van der Waals surface area (Å²) in [7, 11) is -0.475. The monoisotopic (exact) mass is 436 g/mol. The van der Waals surface area contributed by atoms with Crippen LogP contribution in [0.3, 0.4) is 0 Å². The van der Waals surface area contributed by atoms with Crippen LogP contribution in [0.5, 0.6) is 11.5 Å². The first-order valence-corrected chi connectivity index (χ1v) is 11.5. The van der Waals surface area contributed by atoms with Gasteiger partial charge in [0.1, 0.15) is 0 Å². The topological polar surface area (TPSA) is 86.6 Å². The Kier molecular flexibility index (Phi) is 6.61. The minimum absolute atomic E-state index is 0.0834. The molecule has 0 saturated heterocycles. The zero-order chi connectivity index (χ0) is 21.0. The molecule has 7 nitrogen and oxygen atoms in total. The van der Waals surface area contributed by atoms with Crippen molar-refractivity contribution in [1.29, 1.82) is 0 Å². The highest BCUT2D eigenvalue weighted by molar-refractivity contribution is 7.89. The molecule has 0 aliphatic rings. The number of sulfonamides is 1. The number of nitrogens with zero attached hydrogens (tertiary/aromatic N) is 1. The van der Waals surface area contributed by atoms with E-state index < -0.39 is 10.0 Å². The fourth-order valence-electron chi connectivity index (χ4n) is 3.13. The smallest absolute Gasteiger partial charge is 0.308 e. The number of methoxy groups -OCH3 is 2. The number of aryl methyl sites for hydroxylation is 2. The van der Waals surface area contributed by atoms with Crippen molar-refractivity contribution in [3.05, 3.63) is 51.6 Å². The number of aromatic nitrogens is 1. The van der Waals surface area contributed by atoms with E-state index in [-0.39, 0.29) is 9.77 Å². The molecule has 0 bridgehead atoms. The molecule has 0 atom stereocenters. The third-order valence-corrected chi connectivity index (χ3v) is 7.05. The van der Waals surface area contributed by atoms with Crippen molar-refractivity contribution < 1.29 is 17.9 Å². The molecule has 0 saturated carbocycles. The predicted octanol–water partition coefficient (Wildman–Crippen LogP) is 3.01. The van der Waals surface area contributed by atoms with Crippen LogP contribution in [-0.4, -0.2) is 33.7 Å². The summed E-state index contributed by atoms with van der Waals surface area (Å²) in [4.78, 5) is 12.0. The lowest BCUT2D eigenvalue weighted by molar-refractivity contribution is 0.354. The van der Waals surface area contributed by atoms with Crippen LogP contribution >= 0.6 is 11.3 Å². The normalized spacial score (nSPS) is 11.7. The zero-order valence-electron chi connectivity index (χ0n) is 16.6. The largest absolute Gasteiger partial charge is 0.493 e. The summed E-state index contributed by atoms with van der Waals surface area (Å²) in [6.45, 7) is 2.75. The van der Waals surface area contributed by atoms with E-state index in [4.69, 9.17) is 9.47 Å². The van der Waals surface area contributed by atoms with Gasteiger partial charge in [-0.3, -0.25) is 9.36 Å². The Hall–Kier alpha value is -2.36. The van der Waals surface area contributed by atoms with Crippen LogP contribution in [-0.2, 0) is 23.0 Å². The highest BCUT2D eigenvalue weighted by atomic mass is 32.2. The molecule has 3 aromatic rings. The quantitative estimate of drug-likeness (QED) is 0.521. The second-order valence-electron chi connectivity index (χ2n) is 6.43. The molecule has 29 heavy (non-hydrogen) atoms. The van der Waals surface area contributed by atoms with E-state index in [9.17, 15) is 13.2 Å². The second-order valence-corrected chi connectivity index (χ2v) is 9.19. The van der Waals surface area contributed by atoms with Gasteiger partial charge in [0.2, 0.25) is 10.0 Å². The lowest BCUT2D eigenvalue weighted by Crippen LogP contribution is -2.25. The molecular weight excluding hydrogens is 412 g/mol. The summed E-state index contributed by atoms with van der Waals surface area (Å²) in [5, 5.41) is 0. The molecule has 9 heteroatoms. The first kappa shape index (κ1) is 21.4. The number of thiazole rings is 1. The molecule has 1 N–H and O–H groups in total. The van der Waals surface area contributed by atoms with Crippen LogP contribution in [0.4, 0.5) is 0 Å². The molecule has 0 spiro atoms. The highest BCUT2D eigenvalue weighted by Crippen LogP contribution is 2.28. The maximum atomic E-state index is 12.6. The van der Waals surface area contributed by atoms with E-state index in [2.05, 4.69) is 4.72 Å².